The summed E-state index contributed by atoms with van der Waals surface area (Å²) in [5.74, 6) is -1.54. The second-order valence-electron chi connectivity index (χ2n) is 11.6. The summed E-state index contributed by atoms with van der Waals surface area (Å²) < 4.78 is 56.6. The minimum atomic E-state index is -4.79. The molecule has 47 heavy (non-hydrogen) atoms. The van der Waals surface area contributed by atoms with Crippen molar-refractivity contribution in [3.05, 3.63) is 57.2 Å². The summed E-state index contributed by atoms with van der Waals surface area (Å²) in [5.41, 5.74) is -2.53. The molecule has 250 valence electrons. The fourth-order valence-corrected chi connectivity index (χ4v) is 6.75. The highest BCUT2D eigenvalue weighted by atomic mass is 79.9. The summed E-state index contributed by atoms with van der Waals surface area (Å²) >= 11 is 2.96. The van der Waals surface area contributed by atoms with Crippen molar-refractivity contribution < 1.29 is 22.4 Å². The van der Waals surface area contributed by atoms with Gasteiger partial charge in [-0.3, -0.25) is 14.5 Å². The van der Waals surface area contributed by atoms with Gasteiger partial charge in [-0.1, -0.05) is 42.4 Å². The second kappa shape index (κ2) is 13.9. The number of amides is 1. The maximum absolute atomic E-state index is 14.1. The zero-order chi connectivity index (χ0) is 34.0. The molecule has 0 bridgehead atoms. The number of anilines is 2. The molecule has 16 heteroatoms. The van der Waals surface area contributed by atoms with Crippen LogP contribution >= 0.6 is 15.9 Å². The Labute approximate surface area is 277 Å². The number of nitriles is 1. The Morgan fingerprint density at radius 1 is 1.13 bits per heavy atom. The van der Waals surface area contributed by atoms with E-state index in [1.807, 2.05) is 11.0 Å². The van der Waals surface area contributed by atoms with Crippen LogP contribution in [0.4, 0.5) is 29.3 Å². The van der Waals surface area contributed by atoms with Crippen LogP contribution in [-0.4, -0.2) is 93.4 Å². The maximum atomic E-state index is 14.1. The van der Waals surface area contributed by atoms with E-state index in [0.717, 1.165) is 32.0 Å². The first-order valence-electron chi connectivity index (χ1n) is 15.3. The van der Waals surface area contributed by atoms with E-state index in [-0.39, 0.29) is 59.2 Å². The molecule has 1 atom stereocenters. The van der Waals surface area contributed by atoms with Crippen molar-refractivity contribution in [1.29, 1.82) is 5.26 Å². The maximum Gasteiger partial charge on any atom is 0.419 e. The van der Waals surface area contributed by atoms with E-state index in [0.29, 0.717) is 17.8 Å². The molecule has 2 fully saturated rings. The van der Waals surface area contributed by atoms with Gasteiger partial charge in [0.05, 0.1) is 41.4 Å². The monoisotopic (exact) mass is 719 g/mol. The van der Waals surface area contributed by atoms with Gasteiger partial charge in [-0.2, -0.15) is 33.2 Å². The number of benzene rings is 1. The second-order valence-corrected chi connectivity index (χ2v) is 12.4. The highest BCUT2D eigenvalue weighted by Gasteiger charge is 2.39. The van der Waals surface area contributed by atoms with E-state index in [1.54, 1.807) is 4.90 Å². The average molecular weight is 721 g/mol. The third-order valence-corrected chi connectivity index (χ3v) is 9.06. The summed E-state index contributed by atoms with van der Waals surface area (Å²) in [5, 5.41) is 13.8. The highest BCUT2D eigenvalue weighted by molar-refractivity contribution is 9.10. The Hall–Kier alpha value is -4.10. The molecule has 1 aromatic carbocycles. The lowest BCUT2D eigenvalue weighted by Gasteiger charge is -2.46. The van der Waals surface area contributed by atoms with Gasteiger partial charge in [0.2, 0.25) is 5.95 Å². The van der Waals surface area contributed by atoms with Gasteiger partial charge < -0.3 is 14.7 Å². The number of aromatic nitrogens is 4. The first kappa shape index (κ1) is 34.2. The number of nitrogens with zero attached hydrogens (tertiary/aromatic N) is 9. The third-order valence-electron chi connectivity index (χ3n) is 8.40. The molecule has 2 aliphatic heterocycles. The number of rotatable bonds is 10. The smallest absolute Gasteiger partial charge is 0.352 e. The van der Waals surface area contributed by atoms with Crippen LogP contribution in [0.15, 0.2) is 46.1 Å². The van der Waals surface area contributed by atoms with Crippen molar-refractivity contribution in [2.24, 2.45) is 0 Å². The Morgan fingerprint density at radius 2 is 1.83 bits per heavy atom. The molecular formula is C31H34BrF4N9O2. The van der Waals surface area contributed by atoms with Crippen LogP contribution in [-0.2, 0) is 11.0 Å². The molecule has 2 aromatic heterocycles. The lowest BCUT2D eigenvalue weighted by atomic mass is 10.1. The molecule has 0 radical (unpaired) electrons. The number of fused-ring (bicyclic) bond motifs is 1. The van der Waals surface area contributed by atoms with Gasteiger partial charge in [-0.05, 0) is 38.1 Å². The topological polar surface area (TPSA) is 114 Å². The molecule has 0 spiro atoms. The zero-order valence-corrected chi connectivity index (χ0v) is 27.6. The van der Waals surface area contributed by atoms with Crippen LogP contribution in [0.5, 0.6) is 0 Å². The van der Waals surface area contributed by atoms with Crippen LogP contribution in [0.1, 0.15) is 38.7 Å². The van der Waals surface area contributed by atoms with Gasteiger partial charge in [0, 0.05) is 43.2 Å². The molecule has 11 nitrogen and oxygen atoms in total. The van der Waals surface area contributed by atoms with Gasteiger partial charge >= 0.3 is 6.18 Å². The molecular weight excluding hydrogens is 686 g/mol. The zero-order valence-electron chi connectivity index (χ0n) is 26.0. The van der Waals surface area contributed by atoms with E-state index < -0.39 is 40.8 Å². The summed E-state index contributed by atoms with van der Waals surface area (Å²) in [6, 6.07) is 5.34. The van der Waals surface area contributed by atoms with Crippen molar-refractivity contribution in [2.75, 3.05) is 55.6 Å². The standard InChI is InChI=1S/C31H34BrF4N9O2/c1-4-11-41(12-5-2)21-17-43(18-21)30-39-26-22(15-38-45(29(26)47)24-8-6-7-23(32)25(24)31(34,35)36)27(40-30)42-13-14-44(28(46)19(3)33)20(16-42)9-10-37/h6-8,15,20-21H,3-5,9,11-14,16-18H2,1-2H3/t20-/m1/s1. The van der Waals surface area contributed by atoms with E-state index in [1.165, 1.54) is 23.2 Å². The molecule has 2 aliphatic rings. The van der Waals surface area contributed by atoms with Crippen LogP contribution < -0.4 is 15.4 Å². The largest absolute Gasteiger partial charge is 0.419 e. The number of piperazine rings is 1. The fourth-order valence-electron chi connectivity index (χ4n) is 6.17. The van der Waals surface area contributed by atoms with Crippen LogP contribution in [0.3, 0.4) is 0 Å². The Morgan fingerprint density at radius 3 is 2.45 bits per heavy atom. The van der Waals surface area contributed by atoms with Crippen LogP contribution in [0.2, 0.25) is 0 Å². The number of alkyl halides is 3. The minimum Gasteiger partial charge on any atom is -0.352 e. The van der Waals surface area contributed by atoms with Gasteiger partial charge in [0.25, 0.3) is 11.5 Å². The lowest BCUT2D eigenvalue weighted by Crippen LogP contribution is -2.60. The van der Waals surface area contributed by atoms with Crippen molar-refractivity contribution in [1.82, 2.24) is 29.5 Å². The van der Waals surface area contributed by atoms with Crippen LogP contribution in [0, 0.1) is 11.3 Å². The molecule has 5 rings (SSSR count). The van der Waals surface area contributed by atoms with E-state index >= 15 is 0 Å². The minimum absolute atomic E-state index is 0.0429. The normalized spacial score (nSPS) is 17.3. The molecule has 4 heterocycles. The van der Waals surface area contributed by atoms with Crippen molar-refractivity contribution in [2.45, 2.75) is 51.4 Å². The molecule has 2 saturated heterocycles. The first-order chi connectivity index (χ1) is 22.4. The van der Waals surface area contributed by atoms with Gasteiger partial charge in [0.1, 0.15) is 11.3 Å². The predicted octanol–water partition coefficient (Wildman–Crippen LogP) is 4.68. The molecule has 3 aromatic rings. The van der Waals surface area contributed by atoms with E-state index in [4.69, 9.17) is 4.98 Å². The number of hydrogen-bond acceptors (Lipinski definition) is 9. The summed E-state index contributed by atoms with van der Waals surface area (Å²) in [7, 11) is 0. The number of hydrogen-bond donors (Lipinski definition) is 0. The van der Waals surface area contributed by atoms with Crippen molar-refractivity contribution in [3.8, 4) is 11.8 Å². The fraction of sp³-hybridized carbons (Fsp3) is 0.484. The Kier molecular flexibility index (Phi) is 10.2. The van der Waals surface area contributed by atoms with Gasteiger partial charge in [-0.25, -0.2) is 9.37 Å². The molecule has 0 saturated carbocycles. The number of carbonyl (C=O) groups is 1. The quantitative estimate of drug-likeness (QED) is 0.218. The summed E-state index contributed by atoms with van der Waals surface area (Å²) in [6.07, 6.45) is -1.66. The van der Waals surface area contributed by atoms with Crippen LogP contribution in [0.25, 0.3) is 16.6 Å². The Balaban J connectivity index is 1.62. The summed E-state index contributed by atoms with van der Waals surface area (Å²) in [4.78, 5) is 43.2. The van der Waals surface area contributed by atoms with Crippen molar-refractivity contribution in [3.63, 3.8) is 0 Å². The lowest BCUT2D eigenvalue weighted by molar-refractivity contribution is -0.138. The SMILES string of the molecule is C=C(F)C(=O)N1CCN(c2nc(N3CC(N(CCC)CCC)C3)nc3c(=O)n(-c4cccc(Br)c4C(F)(F)F)ncc23)C[C@H]1CC#N. The predicted molar refractivity (Wildman–Crippen MR) is 172 cm³/mol. The highest BCUT2D eigenvalue weighted by Crippen LogP contribution is 2.39. The third kappa shape index (κ3) is 6.82. The van der Waals surface area contributed by atoms with E-state index in [2.05, 4.69) is 51.3 Å². The van der Waals surface area contributed by atoms with Gasteiger partial charge in [0.15, 0.2) is 5.83 Å². The number of carbonyl (C=O) groups excluding carboxylic acids is 1. The summed E-state index contributed by atoms with van der Waals surface area (Å²) in [6.45, 7) is 10.6. The average Bonchev–Trinajstić information content (AvgIpc) is 2.99. The van der Waals surface area contributed by atoms with Gasteiger partial charge in [-0.15, -0.1) is 0 Å². The molecule has 0 N–H and O–H groups in total. The molecule has 0 unspecified atom stereocenters. The molecule has 1 amide bonds. The van der Waals surface area contributed by atoms with Crippen molar-refractivity contribution >= 4 is 44.5 Å². The van der Waals surface area contributed by atoms with E-state index in [9.17, 15) is 32.4 Å². The number of halogens is 5. The Bertz CT molecular complexity index is 1760. The molecule has 0 aliphatic carbocycles. The first-order valence-corrected chi connectivity index (χ1v) is 16.1.